The molecule has 118 valence electrons. The molecule has 1 aromatic rings. The second-order valence-electron chi connectivity index (χ2n) is 6.41. The number of anilines is 2. The lowest BCUT2D eigenvalue weighted by atomic mass is 10.2. The van der Waals surface area contributed by atoms with E-state index in [-0.39, 0.29) is 0 Å². The zero-order chi connectivity index (χ0) is 15.4. The first-order valence-corrected chi connectivity index (χ1v) is 8.44. The molecule has 1 fully saturated rings. The lowest BCUT2D eigenvalue weighted by Crippen LogP contribution is -2.34. The van der Waals surface area contributed by atoms with Crippen molar-refractivity contribution in [2.45, 2.75) is 66.3 Å². The van der Waals surface area contributed by atoms with Crippen LogP contribution in [0.15, 0.2) is 0 Å². The largest absolute Gasteiger partial charge is 0.370 e. The minimum absolute atomic E-state index is 0.475. The minimum atomic E-state index is 0.475. The lowest BCUT2D eigenvalue weighted by Gasteiger charge is -2.30. The summed E-state index contributed by atoms with van der Waals surface area (Å²) in [7, 11) is 0. The van der Waals surface area contributed by atoms with E-state index in [2.05, 4.69) is 49.8 Å². The molecule has 0 unspecified atom stereocenters. The highest BCUT2D eigenvalue weighted by Gasteiger charge is 2.27. The Balaban J connectivity index is 2.33. The summed E-state index contributed by atoms with van der Waals surface area (Å²) in [6.07, 6.45) is 4.73. The van der Waals surface area contributed by atoms with Gasteiger partial charge < -0.3 is 10.2 Å². The first-order valence-electron chi connectivity index (χ1n) is 8.44. The summed E-state index contributed by atoms with van der Waals surface area (Å²) in [4.78, 5) is 12.0. The first kappa shape index (κ1) is 16.1. The van der Waals surface area contributed by atoms with Crippen LogP contribution in [-0.4, -0.2) is 29.1 Å². The molecule has 1 N–H and O–H groups in total. The van der Waals surface area contributed by atoms with Crippen molar-refractivity contribution in [3.05, 3.63) is 11.4 Å². The standard InChI is InChI=1S/C17H30N4/c1-6-10-18-16-13(5)17(20-15(7-2)19-16)21(12(3)4)11-14-8-9-14/h12,14H,6-11H2,1-5H3,(H,18,19,20). The van der Waals surface area contributed by atoms with Gasteiger partial charge in [-0.2, -0.15) is 0 Å². The number of hydrogen-bond acceptors (Lipinski definition) is 4. The monoisotopic (exact) mass is 290 g/mol. The Hall–Kier alpha value is -1.32. The fraction of sp³-hybridized carbons (Fsp3) is 0.765. The van der Waals surface area contributed by atoms with Gasteiger partial charge in [-0.1, -0.05) is 13.8 Å². The van der Waals surface area contributed by atoms with E-state index in [1.807, 2.05) is 0 Å². The van der Waals surface area contributed by atoms with Crippen LogP contribution >= 0.6 is 0 Å². The van der Waals surface area contributed by atoms with Crippen molar-refractivity contribution in [1.82, 2.24) is 9.97 Å². The SMILES string of the molecule is CCCNc1nc(CC)nc(N(CC2CC2)C(C)C)c1C. The number of aryl methyl sites for hydroxylation is 1. The zero-order valence-corrected chi connectivity index (χ0v) is 14.2. The third-order valence-electron chi connectivity index (χ3n) is 4.07. The third kappa shape index (κ3) is 4.08. The van der Waals surface area contributed by atoms with Crippen LogP contribution in [0.4, 0.5) is 11.6 Å². The smallest absolute Gasteiger partial charge is 0.137 e. The van der Waals surface area contributed by atoms with Crippen LogP contribution in [0.2, 0.25) is 0 Å². The number of rotatable bonds is 8. The molecule has 0 aliphatic heterocycles. The van der Waals surface area contributed by atoms with Crippen molar-refractivity contribution in [2.75, 3.05) is 23.3 Å². The van der Waals surface area contributed by atoms with Crippen LogP contribution < -0.4 is 10.2 Å². The van der Waals surface area contributed by atoms with Crippen LogP contribution in [0.3, 0.4) is 0 Å². The van der Waals surface area contributed by atoms with Crippen molar-refractivity contribution >= 4 is 11.6 Å². The number of nitrogens with zero attached hydrogens (tertiary/aromatic N) is 3. The molecule has 1 saturated carbocycles. The molecule has 1 aliphatic carbocycles. The lowest BCUT2D eigenvalue weighted by molar-refractivity contribution is 0.631. The number of nitrogens with one attached hydrogen (secondary N) is 1. The Morgan fingerprint density at radius 2 is 1.95 bits per heavy atom. The van der Waals surface area contributed by atoms with Crippen molar-refractivity contribution in [3.63, 3.8) is 0 Å². The molecule has 0 saturated heterocycles. The van der Waals surface area contributed by atoms with E-state index in [0.717, 1.165) is 49.3 Å². The highest BCUT2D eigenvalue weighted by Crippen LogP contribution is 2.33. The summed E-state index contributed by atoms with van der Waals surface area (Å²) in [5, 5.41) is 3.46. The van der Waals surface area contributed by atoms with Gasteiger partial charge in [0, 0.05) is 31.1 Å². The molecule has 0 amide bonds. The van der Waals surface area contributed by atoms with Gasteiger partial charge in [-0.15, -0.1) is 0 Å². The predicted octanol–water partition coefficient (Wildman–Crippen LogP) is 3.79. The Morgan fingerprint density at radius 3 is 2.48 bits per heavy atom. The van der Waals surface area contributed by atoms with Crippen molar-refractivity contribution in [3.8, 4) is 0 Å². The summed E-state index contributed by atoms with van der Waals surface area (Å²) in [5.41, 5.74) is 1.19. The summed E-state index contributed by atoms with van der Waals surface area (Å²) < 4.78 is 0. The maximum absolute atomic E-state index is 4.84. The van der Waals surface area contributed by atoms with Crippen LogP contribution in [-0.2, 0) is 6.42 Å². The first-order chi connectivity index (χ1) is 10.1. The van der Waals surface area contributed by atoms with E-state index < -0.39 is 0 Å². The molecule has 0 radical (unpaired) electrons. The zero-order valence-electron chi connectivity index (χ0n) is 14.2. The maximum atomic E-state index is 4.84. The summed E-state index contributed by atoms with van der Waals surface area (Å²) >= 11 is 0. The molecular formula is C17H30N4. The van der Waals surface area contributed by atoms with Gasteiger partial charge in [0.15, 0.2) is 0 Å². The quantitative estimate of drug-likeness (QED) is 0.791. The second kappa shape index (κ2) is 7.10. The molecule has 0 bridgehead atoms. The van der Waals surface area contributed by atoms with Crippen molar-refractivity contribution in [1.29, 1.82) is 0 Å². The Morgan fingerprint density at radius 1 is 1.24 bits per heavy atom. The fourth-order valence-electron chi connectivity index (χ4n) is 2.52. The third-order valence-corrected chi connectivity index (χ3v) is 4.07. The fourth-order valence-corrected chi connectivity index (χ4v) is 2.52. The van der Waals surface area contributed by atoms with Gasteiger partial charge in [0.2, 0.25) is 0 Å². The van der Waals surface area contributed by atoms with E-state index in [4.69, 9.17) is 4.98 Å². The average molecular weight is 290 g/mol. The molecule has 0 spiro atoms. The highest BCUT2D eigenvalue weighted by molar-refractivity contribution is 5.59. The van der Waals surface area contributed by atoms with Crippen LogP contribution in [0.25, 0.3) is 0 Å². The van der Waals surface area contributed by atoms with Crippen LogP contribution in [0, 0.1) is 12.8 Å². The van der Waals surface area contributed by atoms with Crippen molar-refractivity contribution < 1.29 is 0 Å². The predicted molar refractivity (Wildman–Crippen MR) is 90.1 cm³/mol. The molecule has 0 atom stereocenters. The number of hydrogen-bond donors (Lipinski definition) is 1. The molecule has 21 heavy (non-hydrogen) atoms. The minimum Gasteiger partial charge on any atom is -0.370 e. The molecule has 1 heterocycles. The van der Waals surface area contributed by atoms with Gasteiger partial charge in [0.25, 0.3) is 0 Å². The molecular weight excluding hydrogens is 260 g/mol. The highest BCUT2D eigenvalue weighted by atomic mass is 15.2. The van der Waals surface area contributed by atoms with Gasteiger partial charge in [0.1, 0.15) is 17.5 Å². The Bertz CT molecular complexity index is 466. The van der Waals surface area contributed by atoms with Gasteiger partial charge in [-0.25, -0.2) is 9.97 Å². The normalized spacial score (nSPS) is 14.6. The molecule has 4 heteroatoms. The molecule has 2 rings (SSSR count). The van der Waals surface area contributed by atoms with Crippen molar-refractivity contribution in [2.24, 2.45) is 5.92 Å². The number of aromatic nitrogens is 2. The molecule has 0 aromatic carbocycles. The van der Waals surface area contributed by atoms with E-state index in [1.165, 1.54) is 18.4 Å². The van der Waals surface area contributed by atoms with Gasteiger partial charge in [-0.05, 0) is 46.0 Å². The Kier molecular flexibility index (Phi) is 5.43. The summed E-state index contributed by atoms with van der Waals surface area (Å²) in [6, 6.07) is 0.475. The summed E-state index contributed by atoms with van der Waals surface area (Å²) in [6.45, 7) is 13.1. The van der Waals surface area contributed by atoms with Crippen LogP contribution in [0.1, 0.15) is 58.3 Å². The van der Waals surface area contributed by atoms with Gasteiger partial charge >= 0.3 is 0 Å². The van der Waals surface area contributed by atoms with Gasteiger partial charge in [0.05, 0.1) is 0 Å². The maximum Gasteiger partial charge on any atom is 0.137 e. The second-order valence-corrected chi connectivity index (χ2v) is 6.41. The van der Waals surface area contributed by atoms with E-state index in [1.54, 1.807) is 0 Å². The average Bonchev–Trinajstić information content (AvgIpc) is 3.28. The van der Waals surface area contributed by atoms with E-state index in [0.29, 0.717) is 6.04 Å². The molecule has 1 aromatic heterocycles. The molecule has 4 nitrogen and oxygen atoms in total. The van der Waals surface area contributed by atoms with E-state index in [9.17, 15) is 0 Å². The molecule has 1 aliphatic rings. The Labute approximate surface area is 129 Å². The van der Waals surface area contributed by atoms with E-state index >= 15 is 0 Å². The van der Waals surface area contributed by atoms with Gasteiger partial charge in [-0.3, -0.25) is 0 Å². The topological polar surface area (TPSA) is 41.1 Å². The summed E-state index contributed by atoms with van der Waals surface area (Å²) in [5.74, 6) is 3.94. The van der Waals surface area contributed by atoms with Crippen LogP contribution in [0.5, 0.6) is 0 Å².